The molecule has 3 nitrogen and oxygen atoms in total. The number of hydrogen-bond acceptors (Lipinski definition) is 3. The van der Waals surface area contributed by atoms with E-state index in [0.29, 0.717) is 16.7 Å². The molecule has 0 atom stereocenters. The molecule has 2 heterocycles. The molecule has 0 unspecified atom stereocenters. The number of carbonyl (C=O) groups is 1. The molecule has 5 heteroatoms. The van der Waals surface area contributed by atoms with Crippen molar-refractivity contribution in [2.75, 3.05) is 4.90 Å². The Morgan fingerprint density at radius 2 is 1.95 bits per heavy atom. The molecular formula is C17H16N2OS2. The van der Waals surface area contributed by atoms with Crippen LogP contribution in [0.15, 0.2) is 46.8 Å². The quantitative estimate of drug-likeness (QED) is 0.679. The SMILES string of the molecule is CC(C)c1ccc(N2C(=O)/C(=C/c3ccsc3)NC2=S)cc1. The van der Waals surface area contributed by atoms with Gasteiger partial charge in [0.15, 0.2) is 5.11 Å². The lowest BCUT2D eigenvalue weighted by Gasteiger charge is -2.15. The lowest BCUT2D eigenvalue weighted by molar-refractivity contribution is -0.113. The van der Waals surface area contributed by atoms with Crippen molar-refractivity contribution in [3.05, 3.63) is 57.9 Å². The van der Waals surface area contributed by atoms with Gasteiger partial charge in [0.2, 0.25) is 0 Å². The van der Waals surface area contributed by atoms with Crippen LogP contribution >= 0.6 is 23.6 Å². The number of amides is 1. The van der Waals surface area contributed by atoms with Gasteiger partial charge in [0.05, 0.1) is 5.69 Å². The van der Waals surface area contributed by atoms with Gasteiger partial charge in [-0.3, -0.25) is 9.69 Å². The lowest BCUT2D eigenvalue weighted by Crippen LogP contribution is -2.30. The van der Waals surface area contributed by atoms with Crippen LogP contribution in [0.5, 0.6) is 0 Å². The zero-order valence-corrected chi connectivity index (χ0v) is 14.0. The van der Waals surface area contributed by atoms with Gasteiger partial charge < -0.3 is 5.32 Å². The van der Waals surface area contributed by atoms with Gasteiger partial charge in [0.25, 0.3) is 5.91 Å². The van der Waals surface area contributed by atoms with Gasteiger partial charge in [-0.1, -0.05) is 26.0 Å². The number of hydrogen-bond donors (Lipinski definition) is 1. The van der Waals surface area contributed by atoms with Gasteiger partial charge in [-0.2, -0.15) is 11.3 Å². The summed E-state index contributed by atoms with van der Waals surface area (Å²) in [6, 6.07) is 9.92. The number of anilines is 1. The molecule has 0 saturated carbocycles. The maximum absolute atomic E-state index is 12.6. The fourth-order valence-corrected chi connectivity index (χ4v) is 3.22. The molecule has 2 aromatic rings. The molecule has 1 amide bonds. The molecular weight excluding hydrogens is 312 g/mol. The van der Waals surface area contributed by atoms with Gasteiger partial charge in [-0.15, -0.1) is 0 Å². The van der Waals surface area contributed by atoms with E-state index >= 15 is 0 Å². The fourth-order valence-electron chi connectivity index (χ4n) is 2.30. The normalized spacial score (nSPS) is 16.7. The topological polar surface area (TPSA) is 32.3 Å². The predicted octanol–water partition coefficient (Wildman–Crippen LogP) is 4.13. The predicted molar refractivity (Wildman–Crippen MR) is 96.0 cm³/mol. The van der Waals surface area contributed by atoms with E-state index in [-0.39, 0.29) is 5.91 Å². The molecule has 3 rings (SSSR count). The largest absolute Gasteiger partial charge is 0.327 e. The summed E-state index contributed by atoms with van der Waals surface area (Å²) in [5.74, 6) is 0.343. The first-order chi connectivity index (χ1) is 10.6. The van der Waals surface area contributed by atoms with E-state index in [2.05, 4.69) is 19.2 Å². The first-order valence-electron chi connectivity index (χ1n) is 7.05. The number of rotatable bonds is 3. The van der Waals surface area contributed by atoms with E-state index in [0.717, 1.165) is 11.3 Å². The minimum atomic E-state index is -0.117. The van der Waals surface area contributed by atoms with Crippen molar-refractivity contribution in [2.45, 2.75) is 19.8 Å². The van der Waals surface area contributed by atoms with E-state index in [1.165, 1.54) is 10.5 Å². The maximum atomic E-state index is 12.6. The van der Waals surface area contributed by atoms with Crippen LogP contribution in [0.3, 0.4) is 0 Å². The third-order valence-electron chi connectivity index (χ3n) is 3.55. The molecule has 1 N–H and O–H groups in total. The van der Waals surface area contributed by atoms with Crippen LogP contribution < -0.4 is 10.2 Å². The lowest BCUT2D eigenvalue weighted by atomic mass is 10.0. The Morgan fingerprint density at radius 3 is 2.55 bits per heavy atom. The number of nitrogens with zero attached hydrogens (tertiary/aromatic N) is 1. The van der Waals surface area contributed by atoms with Crippen molar-refractivity contribution < 1.29 is 4.79 Å². The number of thiocarbonyl (C=S) groups is 1. The van der Waals surface area contributed by atoms with E-state index in [1.54, 1.807) is 11.3 Å². The van der Waals surface area contributed by atoms with Crippen LogP contribution in [0.2, 0.25) is 0 Å². The summed E-state index contributed by atoms with van der Waals surface area (Å²) in [6.45, 7) is 4.29. The van der Waals surface area contributed by atoms with Crippen LogP contribution in [-0.2, 0) is 4.79 Å². The van der Waals surface area contributed by atoms with Gasteiger partial charge >= 0.3 is 0 Å². The Hall–Kier alpha value is -1.98. The standard InChI is InChI=1S/C17H16N2OS2/c1-11(2)13-3-5-14(6-4-13)19-16(20)15(18-17(19)21)9-12-7-8-22-10-12/h3-11H,1-2H3,(H,18,21)/b15-9-. The van der Waals surface area contributed by atoms with E-state index in [1.807, 2.05) is 47.2 Å². The molecule has 0 aliphatic carbocycles. The first-order valence-corrected chi connectivity index (χ1v) is 8.40. The van der Waals surface area contributed by atoms with Crippen molar-refractivity contribution >= 4 is 46.3 Å². The van der Waals surface area contributed by atoms with Crippen LogP contribution in [0.25, 0.3) is 6.08 Å². The summed E-state index contributed by atoms with van der Waals surface area (Å²) >= 11 is 6.91. The van der Waals surface area contributed by atoms with Crippen LogP contribution in [0.1, 0.15) is 30.9 Å². The second-order valence-corrected chi connectivity index (χ2v) is 6.60. The van der Waals surface area contributed by atoms with Crippen molar-refractivity contribution in [3.8, 4) is 0 Å². The summed E-state index contributed by atoms with van der Waals surface area (Å²) in [7, 11) is 0. The molecule has 112 valence electrons. The highest BCUT2D eigenvalue weighted by Gasteiger charge is 2.31. The third kappa shape index (κ3) is 2.82. The zero-order chi connectivity index (χ0) is 15.7. The van der Waals surface area contributed by atoms with Gasteiger partial charge in [0, 0.05) is 0 Å². The first kappa shape index (κ1) is 14.9. The smallest absolute Gasteiger partial charge is 0.281 e. The van der Waals surface area contributed by atoms with E-state index < -0.39 is 0 Å². The number of carbonyl (C=O) groups excluding carboxylic acids is 1. The summed E-state index contributed by atoms with van der Waals surface area (Å²) in [4.78, 5) is 14.1. The van der Waals surface area contributed by atoms with Crippen molar-refractivity contribution in [1.82, 2.24) is 5.32 Å². The highest BCUT2D eigenvalue weighted by Crippen LogP contribution is 2.25. The molecule has 0 bridgehead atoms. The van der Waals surface area contributed by atoms with E-state index in [9.17, 15) is 4.79 Å². The molecule has 0 radical (unpaired) electrons. The van der Waals surface area contributed by atoms with Crippen molar-refractivity contribution in [2.24, 2.45) is 0 Å². The molecule has 1 fully saturated rings. The zero-order valence-electron chi connectivity index (χ0n) is 12.4. The molecule has 1 aliphatic rings. The number of benzene rings is 1. The minimum absolute atomic E-state index is 0.117. The Balaban J connectivity index is 1.88. The summed E-state index contributed by atoms with van der Waals surface area (Å²) in [5.41, 5.74) is 3.54. The Bertz CT molecular complexity index is 731. The van der Waals surface area contributed by atoms with Crippen LogP contribution in [0.4, 0.5) is 5.69 Å². The van der Waals surface area contributed by atoms with Crippen LogP contribution in [0, 0.1) is 0 Å². The monoisotopic (exact) mass is 328 g/mol. The fraction of sp³-hybridized carbons (Fsp3) is 0.176. The van der Waals surface area contributed by atoms with Crippen molar-refractivity contribution in [3.63, 3.8) is 0 Å². The maximum Gasteiger partial charge on any atom is 0.281 e. The highest BCUT2D eigenvalue weighted by molar-refractivity contribution is 7.80. The highest BCUT2D eigenvalue weighted by atomic mass is 32.1. The van der Waals surface area contributed by atoms with Crippen molar-refractivity contribution in [1.29, 1.82) is 0 Å². The van der Waals surface area contributed by atoms with Gasteiger partial charge in [-0.25, -0.2) is 0 Å². The summed E-state index contributed by atoms with van der Waals surface area (Å²) in [5, 5.41) is 7.39. The average Bonchev–Trinajstić information content (AvgIpc) is 3.09. The minimum Gasteiger partial charge on any atom is -0.327 e. The molecule has 1 saturated heterocycles. The average molecular weight is 328 g/mol. The Kier molecular flexibility index (Phi) is 4.09. The van der Waals surface area contributed by atoms with E-state index in [4.69, 9.17) is 12.2 Å². The van der Waals surface area contributed by atoms with Gasteiger partial charge in [0.1, 0.15) is 5.70 Å². The molecule has 1 aromatic carbocycles. The summed E-state index contributed by atoms with van der Waals surface area (Å²) < 4.78 is 0. The number of thiophene rings is 1. The Labute approximate surface area is 139 Å². The molecule has 1 aliphatic heterocycles. The number of nitrogens with one attached hydrogen (secondary N) is 1. The van der Waals surface area contributed by atoms with Crippen LogP contribution in [-0.4, -0.2) is 11.0 Å². The molecule has 22 heavy (non-hydrogen) atoms. The third-order valence-corrected chi connectivity index (χ3v) is 4.54. The summed E-state index contributed by atoms with van der Waals surface area (Å²) in [6.07, 6.45) is 1.83. The second-order valence-electron chi connectivity index (χ2n) is 5.43. The second kappa shape index (κ2) is 6.02. The molecule has 1 aromatic heterocycles. The van der Waals surface area contributed by atoms with Gasteiger partial charge in [-0.05, 0) is 64.3 Å². The Morgan fingerprint density at radius 1 is 1.23 bits per heavy atom. The molecule has 0 spiro atoms.